The molecule has 20 heavy (non-hydrogen) atoms. The second-order valence-electron chi connectivity index (χ2n) is 4.37. The molecule has 2 rings (SSSR count). The molecule has 0 heterocycles. The maximum atomic E-state index is 11.6. The highest BCUT2D eigenvalue weighted by molar-refractivity contribution is 5.84. The van der Waals surface area contributed by atoms with Crippen LogP contribution in [0.5, 0.6) is 0 Å². The number of hydrogen-bond acceptors (Lipinski definition) is 3. The Morgan fingerprint density at radius 1 is 1.10 bits per heavy atom. The Morgan fingerprint density at radius 2 is 1.80 bits per heavy atom. The number of para-hydroxylation sites is 1. The molecule has 1 amide bonds. The number of amides is 1. The standard InChI is InChI=1S/C16H17N3O/c1-13-7-5-6-10-15(13)17-12-16(20)19-18-11-14-8-3-2-4-9-14/h2-11,17H,12H2,1H3,(H,19,20)/b18-11-. The summed E-state index contributed by atoms with van der Waals surface area (Å²) < 4.78 is 0. The summed E-state index contributed by atoms with van der Waals surface area (Å²) in [6.45, 7) is 2.19. The Morgan fingerprint density at radius 3 is 2.55 bits per heavy atom. The number of nitrogens with zero attached hydrogens (tertiary/aromatic N) is 1. The van der Waals surface area contributed by atoms with Gasteiger partial charge in [0.25, 0.3) is 5.91 Å². The lowest BCUT2D eigenvalue weighted by molar-refractivity contribution is -0.119. The Hall–Kier alpha value is -2.62. The molecule has 0 bridgehead atoms. The largest absolute Gasteiger partial charge is 0.376 e. The molecule has 0 aliphatic rings. The topological polar surface area (TPSA) is 53.5 Å². The van der Waals surface area contributed by atoms with Crippen molar-refractivity contribution in [3.05, 3.63) is 65.7 Å². The summed E-state index contributed by atoms with van der Waals surface area (Å²) in [5.74, 6) is -0.180. The normalized spacial score (nSPS) is 10.4. The van der Waals surface area contributed by atoms with Crippen LogP contribution in [0.4, 0.5) is 5.69 Å². The van der Waals surface area contributed by atoms with E-state index in [1.165, 1.54) is 0 Å². The molecule has 102 valence electrons. The fourth-order valence-electron chi connectivity index (χ4n) is 1.70. The van der Waals surface area contributed by atoms with Crippen LogP contribution in [0.25, 0.3) is 0 Å². The summed E-state index contributed by atoms with van der Waals surface area (Å²) in [5, 5.41) is 6.99. The molecule has 0 aliphatic heterocycles. The summed E-state index contributed by atoms with van der Waals surface area (Å²) in [6, 6.07) is 17.4. The van der Waals surface area contributed by atoms with Crippen molar-refractivity contribution in [1.82, 2.24) is 5.43 Å². The van der Waals surface area contributed by atoms with Crippen molar-refractivity contribution in [1.29, 1.82) is 0 Å². The predicted molar refractivity (Wildman–Crippen MR) is 81.8 cm³/mol. The van der Waals surface area contributed by atoms with Crippen LogP contribution < -0.4 is 10.7 Å². The van der Waals surface area contributed by atoms with Gasteiger partial charge in [0.1, 0.15) is 0 Å². The van der Waals surface area contributed by atoms with E-state index < -0.39 is 0 Å². The average molecular weight is 267 g/mol. The van der Waals surface area contributed by atoms with Crippen molar-refractivity contribution < 1.29 is 4.79 Å². The minimum Gasteiger partial charge on any atom is -0.376 e. The van der Waals surface area contributed by atoms with E-state index in [1.54, 1.807) is 6.21 Å². The molecule has 0 saturated carbocycles. The van der Waals surface area contributed by atoms with Gasteiger partial charge in [-0.3, -0.25) is 4.79 Å². The monoisotopic (exact) mass is 267 g/mol. The van der Waals surface area contributed by atoms with Crippen LogP contribution >= 0.6 is 0 Å². The SMILES string of the molecule is Cc1ccccc1NCC(=O)N/N=C\c1ccccc1. The van der Waals surface area contributed by atoms with E-state index in [-0.39, 0.29) is 12.5 Å². The van der Waals surface area contributed by atoms with E-state index in [4.69, 9.17) is 0 Å². The Bertz CT molecular complexity index is 594. The highest BCUT2D eigenvalue weighted by Gasteiger charge is 2.00. The third-order valence-electron chi connectivity index (χ3n) is 2.79. The first-order valence-corrected chi connectivity index (χ1v) is 6.42. The molecule has 0 radical (unpaired) electrons. The van der Waals surface area contributed by atoms with Gasteiger partial charge >= 0.3 is 0 Å². The lowest BCUT2D eigenvalue weighted by Gasteiger charge is -2.07. The lowest BCUT2D eigenvalue weighted by atomic mass is 10.2. The lowest BCUT2D eigenvalue weighted by Crippen LogP contribution is -2.26. The van der Waals surface area contributed by atoms with Crippen LogP contribution in [-0.2, 0) is 4.79 Å². The molecule has 4 nitrogen and oxygen atoms in total. The molecule has 0 atom stereocenters. The molecular formula is C16H17N3O. The summed E-state index contributed by atoms with van der Waals surface area (Å²) in [4.78, 5) is 11.6. The van der Waals surface area contributed by atoms with Gasteiger partial charge in [-0.05, 0) is 24.1 Å². The molecule has 0 spiro atoms. The number of hydrogen-bond donors (Lipinski definition) is 2. The van der Waals surface area contributed by atoms with Crippen molar-refractivity contribution in [2.24, 2.45) is 5.10 Å². The van der Waals surface area contributed by atoms with Crippen LogP contribution in [-0.4, -0.2) is 18.7 Å². The minimum absolute atomic E-state index is 0.180. The molecule has 0 fully saturated rings. The fourth-order valence-corrected chi connectivity index (χ4v) is 1.70. The summed E-state index contributed by atoms with van der Waals surface area (Å²) in [7, 11) is 0. The van der Waals surface area contributed by atoms with Gasteiger partial charge in [0.2, 0.25) is 0 Å². The zero-order valence-corrected chi connectivity index (χ0v) is 11.3. The van der Waals surface area contributed by atoms with E-state index >= 15 is 0 Å². The molecule has 2 aromatic rings. The van der Waals surface area contributed by atoms with Crippen LogP contribution in [0.3, 0.4) is 0 Å². The smallest absolute Gasteiger partial charge is 0.259 e. The first kappa shape index (κ1) is 13.8. The first-order valence-electron chi connectivity index (χ1n) is 6.42. The van der Waals surface area contributed by atoms with E-state index in [2.05, 4.69) is 15.8 Å². The second-order valence-corrected chi connectivity index (χ2v) is 4.37. The van der Waals surface area contributed by atoms with E-state index in [9.17, 15) is 4.79 Å². The van der Waals surface area contributed by atoms with Crippen molar-refractivity contribution in [3.8, 4) is 0 Å². The predicted octanol–water partition coefficient (Wildman–Crippen LogP) is 2.56. The zero-order chi connectivity index (χ0) is 14.2. The molecular weight excluding hydrogens is 250 g/mol. The average Bonchev–Trinajstić information content (AvgIpc) is 2.47. The third-order valence-corrected chi connectivity index (χ3v) is 2.79. The van der Waals surface area contributed by atoms with Crippen molar-refractivity contribution in [2.75, 3.05) is 11.9 Å². The summed E-state index contributed by atoms with van der Waals surface area (Å²) >= 11 is 0. The molecule has 0 saturated heterocycles. The number of carbonyl (C=O) groups is 1. The Kier molecular flexibility index (Phi) is 4.89. The second kappa shape index (κ2) is 7.09. The van der Waals surface area contributed by atoms with E-state index in [0.29, 0.717) is 0 Å². The molecule has 0 unspecified atom stereocenters. The van der Waals surface area contributed by atoms with Crippen LogP contribution in [0, 0.1) is 6.92 Å². The van der Waals surface area contributed by atoms with Crippen LogP contribution in [0.2, 0.25) is 0 Å². The number of hydrazone groups is 1. The first-order chi connectivity index (χ1) is 9.75. The van der Waals surface area contributed by atoms with E-state index in [1.807, 2.05) is 61.5 Å². The Balaban J connectivity index is 1.79. The van der Waals surface area contributed by atoms with Gasteiger partial charge in [-0.2, -0.15) is 5.10 Å². The minimum atomic E-state index is -0.180. The highest BCUT2D eigenvalue weighted by atomic mass is 16.2. The van der Waals surface area contributed by atoms with Crippen LogP contribution in [0.15, 0.2) is 59.7 Å². The van der Waals surface area contributed by atoms with Gasteiger partial charge in [0.05, 0.1) is 12.8 Å². The third kappa shape index (κ3) is 4.24. The van der Waals surface area contributed by atoms with Gasteiger partial charge in [-0.25, -0.2) is 5.43 Å². The number of carbonyl (C=O) groups excluding carboxylic acids is 1. The number of aryl methyl sites for hydroxylation is 1. The van der Waals surface area contributed by atoms with Crippen molar-refractivity contribution >= 4 is 17.8 Å². The maximum Gasteiger partial charge on any atom is 0.259 e. The van der Waals surface area contributed by atoms with Gasteiger partial charge in [0, 0.05) is 5.69 Å². The van der Waals surface area contributed by atoms with Crippen molar-refractivity contribution in [2.45, 2.75) is 6.92 Å². The number of benzene rings is 2. The van der Waals surface area contributed by atoms with Crippen LogP contribution in [0.1, 0.15) is 11.1 Å². The fraction of sp³-hybridized carbons (Fsp3) is 0.125. The number of rotatable bonds is 5. The number of anilines is 1. The molecule has 2 N–H and O–H groups in total. The molecule has 4 heteroatoms. The summed E-state index contributed by atoms with van der Waals surface area (Å²) in [6.07, 6.45) is 1.62. The molecule has 2 aromatic carbocycles. The van der Waals surface area contributed by atoms with Gasteiger partial charge < -0.3 is 5.32 Å². The zero-order valence-electron chi connectivity index (χ0n) is 11.3. The van der Waals surface area contributed by atoms with Gasteiger partial charge in [0.15, 0.2) is 0 Å². The summed E-state index contributed by atoms with van der Waals surface area (Å²) in [5.41, 5.74) is 5.49. The molecule has 0 aromatic heterocycles. The van der Waals surface area contributed by atoms with E-state index in [0.717, 1.165) is 16.8 Å². The highest BCUT2D eigenvalue weighted by Crippen LogP contribution is 2.12. The van der Waals surface area contributed by atoms with Crippen molar-refractivity contribution in [3.63, 3.8) is 0 Å². The maximum absolute atomic E-state index is 11.6. The van der Waals surface area contributed by atoms with Gasteiger partial charge in [-0.1, -0.05) is 48.5 Å². The quantitative estimate of drug-likeness (QED) is 0.646. The Labute approximate surface area is 118 Å². The van der Waals surface area contributed by atoms with Gasteiger partial charge in [-0.15, -0.1) is 0 Å². The number of nitrogens with one attached hydrogen (secondary N) is 2. The molecule has 0 aliphatic carbocycles.